The fourth-order valence-electron chi connectivity index (χ4n) is 3.73. The van der Waals surface area contributed by atoms with Crippen LogP contribution in [0.1, 0.15) is 17.2 Å². The van der Waals surface area contributed by atoms with E-state index in [1.165, 1.54) is 30.2 Å². The van der Waals surface area contributed by atoms with Crippen molar-refractivity contribution in [3.05, 3.63) is 106 Å². The highest BCUT2D eigenvalue weighted by molar-refractivity contribution is 6.51. The lowest BCUT2D eigenvalue weighted by atomic mass is 9.95. The van der Waals surface area contributed by atoms with Crippen molar-refractivity contribution < 1.29 is 24.4 Å². The van der Waals surface area contributed by atoms with Gasteiger partial charge in [0.05, 0.1) is 23.6 Å². The summed E-state index contributed by atoms with van der Waals surface area (Å²) < 4.78 is 5.24. The number of hydrogen-bond donors (Lipinski definition) is 1. The number of anilines is 1. The van der Waals surface area contributed by atoms with Gasteiger partial charge in [-0.05, 0) is 17.7 Å². The molecule has 0 spiro atoms. The number of nitro benzene ring substituents is 1. The Hall–Kier alpha value is -4.46. The van der Waals surface area contributed by atoms with E-state index in [9.17, 15) is 24.8 Å². The first kappa shape index (κ1) is 20.8. The van der Waals surface area contributed by atoms with Crippen LogP contribution < -0.4 is 9.64 Å². The second-order valence-electron chi connectivity index (χ2n) is 7.09. The highest BCUT2D eigenvalue weighted by Gasteiger charge is 2.47. The summed E-state index contributed by atoms with van der Waals surface area (Å²) in [4.78, 5) is 38.2. The Morgan fingerprint density at radius 1 is 1.00 bits per heavy atom. The maximum absolute atomic E-state index is 13.1. The van der Waals surface area contributed by atoms with Gasteiger partial charge in [-0.2, -0.15) is 0 Å². The lowest BCUT2D eigenvalue weighted by Crippen LogP contribution is -2.29. The summed E-state index contributed by atoms with van der Waals surface area (Å²) in [7, 11) is 1.47. The number of ether oxygens (including phenoxy) is 1. The van der Waals surface area contributed by atoms with E-state index in [2.05, 4.69) is 0 Å². The average molecular weight is 430 g/mol. The summed E-state index contributed by atoms with van der Waals surface area (Å²) in [6, 6.07) is 19.5. The van der Waals surface area contributed by atoms with Crippen molar-refractivity contribution in [2.45, 2.75) is 6.04 Å². The molecule has 8 heteroatoms. The number of methoxy groups -OCH3 is 1. The van der Waals surface area contributed by atoms with Gasteiger partial charge in [-0.3, -0.25) is 24.6 Å². The number of aliphatic hydroxyl groups excluding tert-OH is 1. The van der Waals surface area contributed by atoms with E-state index in [1.54, 1.807) is 60.7 Å². The standard InChI is InChI=1S/C24H18N2O6/c1-32-19-12-6-10-17(14-19)25-21(16-9-5-11-18(13-16)26(30)31)20(23(28)24(25)29)22(27)15-7-3-2-4-8-15/h2-14,21,27H,1H3/t21-/m0/s1. The van der Waals surface area contributed by atoms with E-state index < -0.39 is 22.7 Å². The van der Waals surface area contributed by atoms with Gasteiger partial charge in [0, 0.05) is 29.4 Å². The van der Waals surface area contributed by atoms with Crippen molar-refractivity contribution in [3.8, 4) is 5.75 Å². The summed E-state index contributed by atoms with van der Waals surface area (Å²) >= 11 is 0. The molecule has 0 aliphatic carbocycles. The van der Waals surface area contributed by atoms with Gasteiger partial charge in [0.15, 0.2) is 0 Å². The number of nitro groups is 1. The third-order valence-electron chi connectivity index (χ3n) is 5.22. The summed E-state index contributed by atoms with van der Waals surface area (Å²) in [6.45, 7) is 0. The Kier molecular flexibility index (Phi) is 5.43. The highest BCUT2D eigenvalue weighted by atomic mass is 16.6. The van der Waals surface area contributed by atoms with E-state index >= 15 is 0 Å². The minimum Gasteiger partial charge on any atom is -0.507 e. The Morgan fingerprint density at radius 3 is 2.41 bits per heavy atom. The van der Waals surface area contributed by atoms with E-state index in [0.717, 1.165) is 0 Å². The van der Waals surface area contributed by atoms with Crippen LogP contribution in [0.25, 0.3) is 5.76 Å². The van der Waals surface area contributed by atoms with E-state index in [-0.39, 0.29) is 17.0 Å². The number of carbonyl (C=O) groups excluding carboxylic acids is 2. The molecule has 1 atom stereocenters. The smallest absolute Gasteiger partial charge is 0.300 e. The van der Waals surface area contributed by atoms with E-state index in [4.69, 9.17) is 4.74 Å². The van der Waals surface area contributed by atoms with Gasteiger partial charge in [0.1, 0.15) is 11.5 Å². The van der Waals surface area contributed by atoms with Crippen molar-refractivity contribution in [1.29, 1.82) is 0 Å². The molecule has 3 aromatic carbocycles. The Labute approximate surface area is 183 Å². The van der Waals surface area contributed by atoms with E-state index in [1.807, 2.05) is 0 Å². The number of hydrogen-bond acceptors (Lipinski definition) is 6. The number of amides is 1. The quantitative estimate of drug-likeness (QED) is 0.213. The zero-order valence-electron chi connectivity index (χ0n) is 17.0. The molecule has 1 N–H and O–H groups in total. The largest absolute Gasteiger partial charge is 0.507 e. The average Bonchev–Trinajstić information content (AvgIpc) is 3.09. The Bertz CT molecular complexity index is 1250. The molecule has 0 unspecified atom stereocenters. The molecule has 1 aliphatic rings. The van der Waals surface area contributed by atoms with Crippen molar-refractivity contribution in [1.82, 2.24) is 0 Å². The van der Waals surface area contributed by atoms with Crippen LogP contribution in [-0.4, -0.2) is 28.8 Å². The molecule has 0 bridgehead atoms. The fourth-order valence-corrected chi connectivity index (χ4v) is 3.73. The van der Waals surface area contributed by atoms with Gasteiger partial charge in [-0.25, -0.2) is 0 Å². The summed E-state index contributed by atoms with van der Waals surface area (Å²) in [5.41, 5.74) is 0.684. The topological polar surface area (TPSA) is 110 Å². The number of aliphatic hydroxyl groups is 1. The van der Waals surface area contributed by atoms with Crippen LogP contribution in [0.3, 0.4) is 0 Å². The van der Waals surface area contributed by atoms with Gasteiger partial charge in [-0.1, -0.05) is 48.5 Å². The minimum atomic E-state index is -1.07. The molecule has 1 fully saturated rings. The van der Waals surface area contributed by atoms with Crippen LogP contribution in [0.2, 0.25) is 0 Å². The molecule has 1 saturated heterocycles. The van der Waals surface area contributed by atoms with Crippen LogP contribution >= 0.6 is 0 Å². The van der Waals surface area contributed by atoms with Crippen LogP contribution in [0, 0.1) is 10.1 Å². The number of nitrogens with zero attached hydrogens (tertiary/aromatic N) is 2. The predicted molar refractivity (Wildman–Crippen MR) is 117 cm³/mol. The lowest BCUT2D eigenvalue weighted by Gasteiger charge is -2.25. The van der Waals surface area contributed by atoms with Crippen molar-refractivity contribution >= 4 is 28.8 Å². The molecule has 1 amide bonds. The van der Waals surface area contributed by atoms with Gasteiger partial charge >= 0.3 is 0 Å². The molecule has 0 saturated carbocycles. The maximum atomic E-state index is 13.1. The molecule has 1 heterocycles. The second-order valence-corrected chi connectivity index (χ2v) is 7.09. The first-order valence-electron chi connectivity index (χ1n) is 9.67. The molecule has 3 aromatic rings. The zero-order valence-corrected chi connectivity index (χ0v) is 17.0. The molecule has 4 rings (SSSR count). The molecular formula is C24H18N2O6. The molecular weight excluding hydrogens is 412 g/mol. The summed E-state index contributed by atoms with van der Waals surface area (Å²) in [6.07, 6.45) is 0. The zero-order chi connectivity index (χ0) is 22.8. The fraction of sp³-hybridized carbons (Fsp3) is 0.0833. The molecule has 0 radical (unpaired) electrons. The number of Topliss-reactive ketones (excluding diaryl/α,β-unsaturated/α-hetero) is 1. The molecule has 32 heavy (non-hydrogen) atoms. The first-order valence-corrected chi connectivity index (χ1v) is 9.67. The lowest BCUT2D eigenvalue weighted by molar-refractivity contribution is -0.384. The van der Waals surface area contributed by atoms with Gasteiger partial charge in [0.25, 0.3) is 17.4 Å². The van der Waals surface area contributed by atoms with Crippen LogP contribution in [0.4, 0.5) is 11.4 Å². The van der Waals surface area contributed by atoms with Gasteiger partial charge in [-0.15, -0.1) is 0 Å². The molecule has 160 valence electrons. The highest BCUT2D eigenvalue weighted by Crippen LogP contribution is 2.43. The third-order valence-corrected chi connectivity index (χ3v) is 5.22. The van der Waals surface area contributed by atoms with E-state index in [0.29, 0.717) is 22.6 Å². The Balaban J connectivity index is 1.97. The summed E-state index contributed by atoms with van der Waals surface area (Å²) in [5.74, 6) is -1.63. The summed E-state index contributed by atoms with van der Waals surface area (Å²) in [5, 5.41) is 22.4. The normalized spacial score (nSPS) is 17.4. The minimum absolute atomic E-state index is 0.149. The number of non-ortho nitro benzene ring substituents is 1. The first-order chi connectivity index (χ1) is 15.4. The van der Waals surface area contributed by atoms with Crippen molar-refractivity contribution in [2.24, 2.45) is 0 Å². The van der Waals surface area contributed by atoms with Crippen molar-refractivity contribution in [2.75, 3.05) is 12.0 Å². The number of rotatable bonds is 5. The number of carbonyl (C=O) groups is 2. The molecule has 8 nitrogen and oxygen atoms in total. The van der Waals surface area contributed by atoms with Gasteiger partial charge < -0.3 is 9.84 Å². The molecule has 0 aromatic heterocycles. The van der Waals surface area contributed by atoms with Crippen LogP contribution in [0.5, 0.6) is 5.75 Å². The monoisotopic (exact) mass is 430 g/mol. The molecule has 1 aliphatic heterocycles. The second kappa shape index (κ2) is 8.35. The number of benzene rings is 3. The Morgan fingerprint density at radius 2 is 1.72 bits per heavy atom. The third kappa shape index (κ3) is 3.58. The SMILES string of the molecule is COc1cccc(N2C(=O)C(=O)C(=C(O)c3ccccc3)[C@@H]2c2cccc([N+](=O)[O-])c2)c1. The van der Waals surface area contributed by atoms with Gasteiger partial charge in [0.2, 0.25) is 0 Å². The predicted octanol–water partition coefficient (Wildman–Crippen LogP) is 4.23. The maximum Gasteiger partial charge on any atom is 0.300 e. The van der Waals surface area contributed by atoms with Crippen LogP contribution in [-0.2, 0) is 9.59 Å². The van der Waals surface area contributed by atoms with Crippen molar-refractivity contribution in [3.63, 3.8) is 0 Å². The number of ketones is 1. The van der Waals surface area contributed by atoms with Crippen LogP contribution in [0.15, 0.2) is 84.4 Å².